The maximum atomic E-state index is 6.14. The SMILES string of the molecule is COc1ccccc1Nc1nc(N)nc(COc2ccc(Br)cc2Cl)n1. The zero-order chi connectivity index (χ0) is 18.5. The number of hydrogen-bond donors (Lipinski definition) is 2. The highest BCUT2D eigenvalue weighted by Crippen LogP contribution is 2.28. The smallest absolute Gasteiger partial charge is 0.232 e. The molecule has 0 amide bonds. The zero-order valence-electron chi connectivity index (χ0n) is 13.7. The van der Waals surface area contributed by atoms with Gasteiger partial charge in [-0.15, -0.1) is 0 Å². The molecule has 1 heterocycles. The van der Waals surface area contributed by atoms with Crippen LogP contribution in [0.15, 0.2) is 46.9 Å². The van der Waals surface area contributed by atoms with Crippen molar-refractivity contribution in [1.82, 2.24) is 15.0 Å². The fraction of sp³-hybridized carbons (Fsp3) is 0.118. The first-order valence-corrected chi connectivity index (χ1v) is 8.70. The summed E-state index contributed by atoms with van der Waals surface area (Å²) in [6.07, 6.45) is 0. The Kier molecular flexibility index (Phi) is 5.75. The topological polar surface area (TPSA) is 95.2 Å². The second-order valence-corrected chi connectivity index (χ2v) is 6.45. The lowest BCUT2D eigenvalue weighted by Gasteiger charge is -2.11. The summed E-state index contributed by atoms with van der Waals surface area (Å²) in [5.41, 5.74) is 6.49. The zero-order valence-corrected chi connectivity index (χ0v) is 16.1. The minimum absolute atomic E-state index is 0.0814. The van der Waals surface area contributed by atoms with Gasteiger partial charge in [-0.2, -0.15) is 15.0 Å². The summed E-state index contributed by atoms with van der Waals surface area (Å²) in [7, 11) is 1.59. The third kappa shape index (κ3) is 4.53. The molecular formula is C17H15BrClN5O2. The van der Waals surface area contributed by atoms with Crippen LogP contribution in [0.3, 0.4) is 0 Å². The van der Waals surface area contributed by atoms with Gasteiger partial charge in [-0.25, -0.2) is 0 Å². The Morgan fingerprint density at radius 2 is 1.92 bits per heavy atom. The van der Waals surface area contributed by atoms with E-state index in [1.54, 1.807) is 19.2 Å². The number of nitrogens with one attached hydrogen (secondary N) is 1. The van der Waals surface area contributed by atoms with Crippen LogP contribution in [0, 0.1) is 0 Å². The number of benzene rings is 2. The molecule has 0 bridgehead atoms. The summed E-state index contributed by atoms with van der Waals surface area (Å²) in [6.45, 7) is 0.0919. The molecule has 0 aliphatic rings. The molecule has 134 valence electrons. The largest absolute Gasteiger partial charge is 0.495 e. The molecule has 0 atom stereocenters. The number of anilines is 3. The Labute approximate surface area is 163 Å². The maximum absolute atomic E-state index is 6.14. The summed E-state index contributed by atoms with van der Waals surface area (Å²) >= 11 is 9.49. The van der Waals surface area contributed by atoms with E-state index >= 15 is 0 Å². The van der Waals surface area contributed by atoms with Crippen LogP contribution < -0.4 is 20.5 Å². The lowest BCUT2D eigenvalue weighted by Crippen LogP contribution is -2.09. The molecule has 7 nitrogen and oxygen atoms in total. The lowest BCUT2D eigenvalue weighted by molar-refractivity contribution is 0.296. The van der Waals surface area contributed by atoms with E-state index in [-0.39, 0.29) is 12.6 Å². The number of nitrogens with two attached hydrogens (primary N) is 1. The van der Waals surface area contributed by atoms with E-state index in [1.165, 1.54) is 0 Å². The summed E-state index contributed by atoms with van der Waals surface area (Å²) < 4.78 is 11.8. The van der Waals surface area contributed by atoms with Gasteiger partial charge in [0.1, 0.15) is 18.1 Å². The number of halogens is 2. The molecular weight excluding hydrogens is 422 g/mol. The number of aromatic nitrogens is 3. The molecule has 0 spiro atoms. The van der Waals surface area contributed by atoms with Crippen molar-refractivity contribution in [2.75, 3.05) is 18.2 Å². The van der Waals surface area contributed by atoms with Crippen LogP contribution in [0.4, 0.5) is 17.6 Å². The number of methoxy groups -OCH3 is 1. The molecule has 0 saturated carbocycles. The van der Waals surface area contributed by atoms with Crippen LogP contribution in [-0.4, -0.2) is 22.1 Å². The molecule has 0 aliphatic heterocycles. The van der Waals surface area contributed by atoms with E-state index < -0.39 is 0 Å². The van der Waals surface area contributed by atoms with Crippen molar-refractivity contribution in [2.45, 2.75) is 6.61 Å². The maximum Gasteiger partial charge on any atom is 0.232 e. The van der Waals surface area contributed by atoms with Crippen LogP contribution in [0.1, 0.15) is 5.82 Å². The first-order chi connectivity index (χ1) is 12.5. The van der Waals surface area contributed by atoms with E-state index in [9.17, 15) is 0 Å². The van der Waals surface area contributed by atoms with Crippen molar-refractivity contribution < 1.29 is 9.47 Å². The fourth-order valence-corrected chi connectivity index (χ4v) is 2.89. The highest BCUT2D eigenvalue weighted by atomic mass is 79.9. The highest BCUT2D eigenvalue weighted by Gasteiger charge is 2.09. The molecule has 26 heavy (non-hydrogen) atoms. The van der Waals surface area contributed by atoms with Crippen LogP contribution >= 0.6 is 27.5 Å². The average molecular weight is 437 g/mol. The molecule has 2 aromatic carbocycles. The molecule has 9 heteroatoms. The Hall–Kier alpha value is -2.58. The molecule has 0 saturated heterocycles. The van der Waals surface area contributed by atoms with Gasteiger partial charge in [0.25, 0.3) is 0 Å². The van der Waals surface area contributed by atoms with Crippen LogP contribution in [0.25, 0.3) is 0 Å². The molecule has 0 aliphatic carbocycles. The van der Waals surface area contributed by atoms with Gasteiger partial charge in [0, 0.05) is 4.47 Å². The lowest BCUT2D eigenvalue weighted by atomic mass is 10.3. The van der Waals surface area contributed by atoms with Crippen LogP contribution in [-0.2, 0) is 6.61 Å². The molecule has 1 aromatic heterocycles. The van der Waals surface area contributed by atoms with Gasteiger partial charge in [-0.1, -0.05) is 39.7 Å². The number of nitrogens with zero attached hydrogens (tertiary/aromatic N) is 3. The standard InChI is InChI=1S/C17H15BrClN5O2/c1-25-14-5-3-2-4-12(14)21-17-23-15(22-16(20)24-17)9-26-13-7-6-10(18)8-11(13)19/h2-8H,9H2,1H3,(H3,20,21,22,23,24). The highest BCUT2D eigenvalue weighted by molar-refractivity contribution is 9.10. The quantitative estimate of drug-likeness (QED) is 0.598. The van der Waals surface area contributed by atoms with Gasteiger partial charge in [0.2, 0.25) is 11.9 Å². The Morgan fingerprint density at radius 1 is 1.12 bits per heavy atom. The number of hydrogen-bond acceptors (Lipinski definition) is 7. The Morgan fingerprint density at radius 3 is 2.69 bits per heavy atom. The van der Waals surface area contributed by atoms with E-state index in [0.29, 0.717) is 34.0 Å². The number of nitrogen functional groups attached to an aromatic ring is 1. The van der Waals surface area contributed by atoms with Crippen molar-refractivity contribution >= 4 is 45.1 Å². The van der Waals surface area contributed by atoms with E-state index in [4.69, 9.17) is 26.8 Å². The average Bonchev–Trinajstić information content (AvgIpc) is 2.61. The van der Waals surface area contributed by atoms with E-state index in [0.717, 1.165) is 4.47 Å². The first kappa shape index (κ1) is 18.2. The van der Waals surface area contributed by atoms with E-state index in [1.807, 2.05) is 30.3 Å². The van der Waals surface area contributed by atoms with Crippen molar-refractivity contribution in [3.63, 3.8) is 0 Å². The molecule has 0 fully saturated rings. The summed E-state index contributed by atoms with van der Waals surface area (Å²) in [5, 5.41) is 3.55. The van der Waals surface area contributed by atoms with Crippen molar-refractivity contribution in [3.8, 4) is 11.5 Å². The predicted octanol–water partition coefficient (Wildman–Crippen LogP) is 4.20. The Bertz CT molecular complexity index is 925. The monoisotopic (exact) mass is 435 g/mol. The van der Waals surface area contributed by atoms with Crippen molar-refractivity contribution in [2.24, 2.45) is 0 Å². The van der Waals surface area contributed by atoms with Crippen LogP contribution in [0.2, 0.25) is 5.02 Å². The minimum atomic E-state index is 0.0814. The van der Waals surface area contributed by atoms with Crippen LogP contribution in [0.5, 0.6) is 11.5 Å². The first-order valence-electron chi connectivity index (χ1n) is 7.53. The molecule has 0 radical (unpaired) electrons. The Balaban J connectivity index is 1.77. The molecule has 0 unspecified atom stereocenters. The number of para-hydroxylation sites is 2. The summed E-state index contributed by atoms with van der Waals surface area (Å²) in [4.78, 5) is 12.5. The van der Waals surface area contributed by atoms with Gasteiger partial charge in [0.15, 0.2) is 5.82 Å². The number of ether oxygens (including phenoxy) is 2. The molecule has 3 N–H and O–H groups in total. The second-order valence-electron chi connectivity index (χ2n) is 5.12. The van der Waals surface area contributed by atoms with Crippen molar-refractivity contribution in [1.29, 1.82) is 0 Å². The van der Waals surface area contributed by atoms with Crippen molar-refractivity contribution in [3.05, 3.63) is 57.8 Å². The normalized spacial score (nSPS) is 10.4. The van der Waals surface area contributed by atoms with Gasteiger partial charge in [0.05, 0.1) is 17.8 Å². The molecule has 3 rings (SSSR count). The van der Waals surface area contributed by atoms with Gasteiger partial charge in [-0.05, 0) is 30.3 Å². The predicted molar refractivity (Wildman–Crippen MR) is 104 cm³/mol. The fourth-order valence-electron chi connectivity index (χ4n) is 2.16. The minimum Gasteiger partial charge on any atom is -0.495 e. The third-order valence-corrected chi connectivity index (χ3v) is 4.09. The van der Waals surface area contributed by atoms with Gasteiger partial charge >= 0.3 is 0 Å². The third-order valence-electron chi connectivity index (χ3n) is 3.30. The van der Waals surface area contributed by atoms with Gasteiger partial charge in [-0.3, -0.25) is 0 Å². The van der Waals surface area contributed by atoms with E-state index in [2.05, 4.69) is 36.2 Å². The summed E-state index contributed by atoms with van der Waals surface area (Å²) in [5.74, 6) is 1.92. The molecule has 3 aromatic rings. The van der Waals surface area contributed by atoms with Gasteiger partial charge < -0.3 is 20.5 Å². The summed E-state index contributed by atoms with van der Waals surface area (Å²) in [6, 6.07) is 12.7. The number of rotatable bonds is 6. The second kappa shape index (κ2) is 8.20.